The molecule has 1 N–H and O–H groups in total. The van der Waals surface area contributed by atoms with Gasteiger partial charge in [0.25, 0.3) is 0 Å². The van der Waals surface area contributed by atoms with Crippen molar-refractivity contribution < 1.29 is 9.47 Å². The average Bonchev–Trinajstić information content (AvgIpc) is 3.06. The highest BCUT2D eigenvalue weighted by Gasteiger charge is 2.32. The van der Waals surface area contributed by atoms with E-state index in [4.69, 9.17) is 9.47 Å². The number of nitrogens with zero attached hydrogens (tertiary/aromatic N) is 3. The van der Waals surface area contributed by atoms with E-state index in [-0.39, 0.29) is 11.0 Å². The summed E-state index contributed by atoms with van der Waals surface area (Å²) in [5, 5.41) is 3.55. The summed E-state index contributed by atoms with van der Waals surface area (Å²) in [6.45, 7) is 12.0. The second-order valence-electron chi connectivity index (χ2n) is 8.47. The van der Waals surface area contributed by atoms with Gasteiger partial charge in [-0.25, -0.2) is 9.97 Å². The molecule has 4 rings (SSSR count). The SMILES string of the molecule is CC[C@]1(C)CN(c2cnc(Oc3ccc4c(c3)C(C)(C)COC4)nc2)CN1. The number of hydrogen-bond donors (Lipinski definition) is 1. The molecule has 6 nitrogen and oxygen atoms in total. The van der Waals surface area contributed by atoms with E-state index in [2.05, 4.69) is 60.0 Å². The maximum absolute atomic E-state index is 5.92. The molecule has 2 aliphatic rings. The molecule has 2 aromatic rings. The van der Waals surface area contributed by atoms with Crippen molar-refractivity contribution >= 4 is 5.69 Å². The predicted octanol–water partition coefficient (Wildman–Crippen LogP) is 3.61. The molecule has 0 bridgehead atoms. The van der Waals surface area contributed by atoms with Crippen LogP contribution in [0, 0.1) is 0 Å². The Kier molecular flexibility index (Phi) is 4.56. The topological polar surface area (TPSA) is 59.5 Å². The van der Waals surface area contributed by atoms with E-state index in [1.807, 2.05) is 18.5 Å². The number of fused-ring (bicyclic) bond motifs is 1. The second kappa shape index (κ2) is 6.77. The number of rotatable bonds is 4. The Balaban J connectivity index is 1.48. The first-order valence-electron chi connectivity index (χ1n) is 9.60. The molecule has 1 aromatic heterocycles. The number of ether oxygens (including phenoxy) is 2. The predicted molar refractivity (Wildman–Crippen MR) is 105 cm³/mol. The van der Waals surface area contributed by atoms with Crippen molar-refractivity contribution in [1.29, 1.82) is 0 Å². The molecule has 1 atom stereocenters. The minimum atomic E-state index is -0.0215. The highest BCUT2D eigenvalue weighted by atomic mass is 16.5. The zero-order chi connectivity index (χ0) is 19.1. The molecule has 0 amide bonds. The first kappa shape index (κ1) is 18.2. The van der Waals surface area contributed by atoms with Crippen LogP contribution < -0.4 is 15.0 Å². The molecule has 144 valence electrons. The van der Waals surface area contributed by atoms with E-state index in [0.29, 0.717) is 12.6 Å². The van der Waals surface area contributed by atoms with Crippen LogP contribution >= 0.6 is 0 Å². The number of anilines is 1. The van der Waals surface area contributed by atoms with Gasteiger partial charge >= 0.3 is 6.01 Å². The molecule has 3 heterocycles. The third-order valence-corrected chi connectivity index (χ3v) is 5.74. The van der Waals surface area contributed by atoms with E-state index >= 15 is 0 Å². The van der Waals surface area contributed by atoms with Crippen LogP contribution in [0.4, 0.5) is 5.69 Å². The third-order valence-electron chi connectivity index (χ3n) is 5.74. The van der Waals surface area contributed by atoms with Crippen molar-refractivity contribution in [3.05, 3.63) is 41.7 Å². The Hall–Kier alpha value is -2.18. The second-order valence-corrected chi connectivity index (χ2v) is 8.47. The Morgan fingerprint density at radius 3 is 2.70 bits per heavy atom. The highest BCUT2D eigenvalue weighted by Crippen LogP contribution is 2.35. The smallest absolute Gasteiger partial charge is 0.322 e. The van der Waals surface area contributed by atoms with Crippen molar-refractivity contribution in [3.8, 4) is 11.8 Å². The fourth-order valence-corrected chi connectivity index (χ4v) is 3.74. The monoisotopic (exact) mass is 368 g/mol. The minimum Gasteiger partial charge on any atom is -0.424 e. The maximum atomic E-state index is 5.92. The van der Waals surface area contributed by atoms with Crippen LogP contribution in [0.25, 0.3) is 0 Å². The number of aromatic nitrogens is 2. The summed E-state index contributed by atoms with van der Waals surface area (Å²) in [5.41, 5.74) is 3.62. The fraction of sp³-hybridized carbons (Fsp3) is 0.524. The van der Waals surface area contributed by atoms with E-state index in [1.165, 1.54) is 11.1 Å². The van der Waals surface area contributed by atoms with Gasteiger partial charge in [0, 0.05) is 17.5 Å². The summed E-state index contributed by atoms with van der Waals surface area (Å²) in [6, 6.07) is 6.49. The van der Waals surface area contributed by atoms with Crippen LogP contribution in [0.3, 0.4) is 0 Å². The number of hydrogen-bond acceptors (Lipinski definition) is 6. The van der Waals surface area contributed by atoms with Gasteiger partial charge in [0.2, 0.25) is 0 Å². The van der Waals surface area contributed by atoms with Gasteiger partial charge in [0.1, 0.15) is 5.75 Å². The number of nitrogens with one attached hydrogen (secondary N) is 1. The van der Waals surface area contributed by atoms with Crippen LogP contribution in [0.5, 0.6) is 11.8 Å². The van der Waals surface area contributed by atoms with Crippen molar-refractivity contribution in [2.24, 2.45) is 0 Å². The molecule has 0 unspecified atom stereocenters. The van der Waals surface area contributed by atoms with Crippen LogP contribution in [-0.4, -0.2) is 35.3 Å². The Morgan fingerprint density at radius 2 is 2.00 bits per heavy atom. The molecule has 1 saturated heterocycles. The van der Waals surface area contributed by atoms with E-state index in [9.17, 15) is 0 Å². The van der Waals surface area contributed by atoms with Gasteiger partial charge in [-0.15, -0.1) is 0 Å². The van der Waals surface area contributed by atoms with E-state index < -0.39 is 0 Å². The lowest BCUT2D eigenvalue weighted by molar-refractivity contribution is 0.0640. The zero-order valence-corrected chi connectivity index (χ0v) is 16.6. The standard InChI is InChI=1S/C21H28N4O2/c1-5-21(4)12-25(14-24-21)16-9-22-19(23-10-16)27-17-7-6-15-11-26-13-20(2,3)18(15)8-17/h6-10,24H,5,11-14H2,1-4H3/t21-/m1/s1. The van der Waals surface area contributed by atoms with Gasteiger partial charge in [-0.3, -0.25) is 5.32 Å². The van der Waals surface area contributed by atoms with Gasteiger partial charge in [0.15, 0.2) is 0 Å². The van der Waals surface area contributed by atoms with Gasteiger partial charge in [-0.05, 0) is 36.6 Å². The van der Waals surface area contributed by atoms with Crippen LogP contribution in [0.1, 0.15) is 45.2 Å². The lowest BCUT2D eigenvalue weighted by atomic mass is 9.81. The van der Waals surface area contributed by atoms with Gasteiger partial charge in [-0.2, -0.15) is 0 Å². The third kappa shape index (κ3) is 3.64. The molecule has 0 aliphatic carbocycles. The van der Waals surface area contributed by atoms with Crippen molar-refractivity contribution in [1.82, 2.24) is 15.3 Å². The molecular formula is C21H28N4O2. The average molecular weight is 368 g/mol. The van der Waals surface area contributed by atoms with Crippen LogP contribution in [0.15, 0.2) is 30.6 Å². The molecule has 0 radical (unpaired) electrons. The van der Waals surface area contributed by atoms with Crippen molar-refractivity contribution in [3.63, 3.8) is 0 Å². The van der Waals surface area contributed by atoms with E-state index in [0.717, 1.165) is 37.7 Å². The van der Waals surface area contributed by atoms with Gasteiger partial charge < -0.3 is 14.4 Å². The molecule has 0 spiro atoms. The molecule has 6 heteroatoms. The summed E-state index contributed by atoms with van der Waals surface area (Å²) in [5.74, 6) is 0.762. The molecular weight excluding hydrogens is 340 g/mol. The van der Waals surface area contributed by atoms with Crippen LogP contribution in [-0.2, 0) is 16.8 Å². The largest absolute Gasteiger partial charge is 0.424 e. The summed E-state index contributed by atoms with van der Waals surface area (Å²) in [4.78, 5) is 11.1. The van der Waals surface area contributed by atoms with Gasteiger partial charge in [0.05, 0.1) is 38.0 Å². The summed E-state index contributed by atoms with van der Waals surface area (Å²) >= 11 is 0. The Labute approximate surface area is 160 Å². The Morgan fingerprint density at radius 1 is 1.22 bits per heavy atom. The van der Waals surface area contributed by atoms with E-state index in [1.54, 1.807) is 0 Å². The van der Waals surface area contributed by atoms with Crippen molar-refractivity contribution in [2.45, 2.75) is 51.7 Å². The Bertz CT molecular complexity index is 821. The summed E-state index contributed by atoms with van der Waals surface area (Å²) in [7, 11) is 0. The molecule has 0 saturated carbocycles. The molecule has 1 aromatic carbocycles. The lowest BCUT2D eigenvalue weighted by Gasteiger charge is -2.32. The first-order chi connectivity index (χ1) is 12.9. The highest BCUT2D eigenvalue weighted by molar-refractivity contribution is 5.45. The quantitative estimate of drug-likeness (QED) is 0.890. The minimum absolute atomic E-state index is 0.0215. The van der Waals surface area contributed by atoms with Crippen LogP contribution in [0.2, 0.25) is 0 Å². The normalized spacial score (nSPS) is 23.9. The first-order valence-corrected chi connectivity index (χ1v) is 9.60. The maximum Gasteiger partial charge on any atom is 0.322 e. The number of benzene rings is 1. The van der Waals surface area contributed by atoms with Crippen molar-refractivity contribution in [2.75, 3.05) is 24.7 Å². The summed E-state index contributed by atoms with van der Waals surface area (Å²) < 4.78 is 11.6. The summed E-state index contributed by atoms with van der Waals surface area (Å²) in [6.07, 6.45) is 4.76. The molecule has 2 aliphatic heterocycles. The zero-order valence-electron chi connectivity index (χ0n) is 16.6. The fourth-order valence-electron chi connectivity index (χ4n) is 3.74. The van der Waals surface area contributed by atoms with Gasteiger partial charge in [-0.1, -0.05) is 26.8 Å². The molecule has 1 fully saturated rings. The lowest BCUT2D eigenvalue weighted by Crippen LogP contribution is -2.38. The molecule has 27 heavy (non-hydrogen) atoms.